The molecule has 0 unspecified atom stereocenters. The van der Waals surface area contributed by atoms with Gasteiger partial charge < -0.3 is 9.73 Å². The minimum absolute atomic E-state index is 0.0873. The van der Waals surface area contributed by atoms with E-state index in [4.69, 9.17) is 4.42 Å². The number of aromatic nitrogens is 1. The zero-order valence-corrected chi connectivity index (χ0v) is 13.1. The van der Waals surface area contributed by atoms with Crippen molar-refractivity contribution in [2.75, 3.05) is 6.54 Å². The highest BCUT2D eigenvalue weighted by molar-refractivity contribution is 5.39. The molecule has 0 spiro atoms. The molecule has 1 aromatic heterocycles. The summed E-state index contributed by atoms with van der Waals surface area (Å²) >= 11 is 0. The van der Waals surface area contributed by atoms with Crippen molar-refractivity contribution in [2.45, 2.75) is 51.0 Å². The second-order valence-electron chi connectivity index (χ2n) is 6.99. The van der Waals surface area contributed by atoms with Crippen LogP contribution in [0.5, 0.6) is 0 Å². The van der Waals surface area contributed by atoms with E-state index in [0.29, 0.717) is 0 Å². The van der Waals surface area contributed by atoms with Crippen molar-refractivity contribution in [3.8, 4) is 0 Å². The molecule has 0 saturated heterocycles. The van der Waals surface area contributed by atoms with Crippen LogP contribution in [0.15, 0.2) is 40.9 Å². The number of rotatable bonds is 5. The molecule has 1 heterocycles. The Hall–Kier alpha value is -1.61. The molecule has 21 heavy (non-hydrogen) atoms. The number of nitrogens with zero attached hydrogens (tertiary/aromatic N) is 1. The Kier molecular flexibility index (Phi) is 3.62. The second-order valence-corrected chi connectivity index (χ2v) is 6.99. The van der Waals surface area contributed by atoms with Gasteiger partial charge in [0.1, 0.15) is 5.76 Å². The van der Waals surface area contributed by atoms with Gasteiger partial charge in [-0.2, -0.15) is 0 Å². The van der Waals surface area contributed by atoms with Gasteiger partial charge in [-0.25, -0.2) is 4.98 Å². The van der Waals surface area contributed by atoms with Gasteiger partial charge in [-0.3, -0.25) is 0 Å². The van der Waals surface area contributed by atoms with E-state index in [2.05, 4.69) is 61.4 Å². The molecule has 0 amide bonds. The first-order valence-corrected chi connectivity index (χ1v) is 7.75. The lowest BCUT2D eigenvalue weighted by atomic mass is 9.94. The predicted octanol–water partition coefficient (Wildman–Crippen LogP) is 3.69. The standard InChI is InChI=1S/C18H24N2O/c1-17(2,3)20-12-9-16-19-13-15(21-16)18(10-11-18)14-7-5-4-6-8-14/h4-8,13,20H,9-12H2,1-3H3. The Morgan fingerprint density at radius 1 is 1.19 bits per heavy atom. The van der Waals surface area contributed by atoms with Gasteiger partial charge in [0.25, 0.3) is 0 Å². The maximum Gasteiger partial charge on any atom is 0.195 e. The molecular weight excluding hydrogens is 260 g/mol. The van der Waals surface area contributed by atoms with Gasteiger partial charge in [0.05, 0.1) is 11.6 Å². The van der Waals surface area contributed by atoms with Crippen molar-refractivity contribution in [1.29, 1.82) is 0 Å². The van der Waals surface area contributed by atoms with Gasteiger partial charge in [-0.05, 0) is 39.2 Å². The number of hydrogen-bond acceptors (Lipinski definition) is 3. The molecule has 0 radical (unpaired) electrons. The van der Waals surface area contributed by atoms with Crippen LogP contribution in [0.4, 0.5) is 0 Å². The molecular formula is C18H24N2O. The van der Waals surface area contributed by atoms with Crippen molar-refractivity contribution >= 4 is 0 Å². The van der Waals surface area contributed by atoms with Crippen LogP contribution in [0, 0.1) is 0 Å². The summed E-state index contributed by atoms with van der Waals surface area (Å²) in [4.78, 5) is 4.46. The van der Waals surface area contributed by atoms with E-state index in [1.165, 1.54) is 5.56 Å². The van der Waals surface area contributed by atoms with Gasteiger partial charge in [-0.1, -0.05) is 30.3 Å². The summed E-state index contributed by atoms with van der Waals surface area (Å²) in [5.74, 6) is 1.86. The van der Waals surface area contributed by atoms with Crippen LogP contribution in [-0.4, -0.2) is 17.1 Å². The van der Waals surface area contributed by atoms with Crippen LogP contribution in [-0.2, 0) is 11.8 Å². The summed E-state index contributed by atoms with van der Waals surface area (Å²) in [6.07, 6.45) is 5.08. The Labute approximate surface area is 126 Å². The minimum atomic E-state index is 0.0873. The average Bonchev–Trinajstić information content (AvgIpc) is 3.12. The van der Waals surface area contributed by atoms with E-state index in [1.54, 1.807) is 0 Å². The number of benzene rings is 1. The molecule has 1 aromatic carbocycles. The molecule has 0 atom stereocenters. The van der Waals surface area contributed by atoms with E-state index in [0.717, 1.165) is 37.5 Å². The summed E-state index contributed by atoms with van der Waals surface area (Å²) in [6.45, 7) is 7.40. The quantitative estimate of drug-likeness (QED) is 0.910. The highest BCUT2D eigenvalue weighted by Crippen LogP contribution is 2.53. The molecule has 0 bridgehead atoms. The lowest BCUT2D eigenvalue weighted by molar-refractivity contribution is 0.395. The first-order chi connectivity index (χ1) is 10.00. The summed E-state index contributed by atoms with van der Waals surface area (Å²) < 4.78 is 6.03. The van der Waals surface area contributed by atoms with E-state index in [1.807, 2.05) is 6.20 Å². The Balaban J connectivity index is 1.68. The molecule has 1 aliphatic rings. The summed E-state index contributed by atoms with van der Waals surface area (Å²) in [7, 11) is 0. The molecule has 1 fully saturated rings. The molecule has 2 aromatic rings. The third-order valence-corrected chi connectivity index (χ3v) is 4.10. The largest absolute Gasteiger partial charge is 0.445 e. The van der Waals surface area contributed by atoms with Crippen molar-refractivity contribution in [3.05, 3.63) is 53.7 Å². The molecule has 1 saturated carbocycles. The third kappa shape index (κ3) is 3.18. The zero-order valence-electron chi connectivity index (χ0n) is 13.1. The van der Waals surface area contributed by atoms with Gasteiger partial charge >= 0.3 is 0 Å². The first-order valence-electron chi connectivity index (χ1n) is 7.75. The van der Waals surface area contributed by atoms with Crippen LogP contribution < -0.4 is 5.32 Å². The fourth-order valence-electron chi connectivity index (χ4n) is 2.75. The molecule has 3 heteroatoms. The highest BCUT2D eigenvalue weighted by atomic mass is 16.4. The number of oxazole rings is 1. The molecule has 3 rings (SSSR count). The highest BCUT2D eigenvalue weighted by Gasteiger charge is 2.48. The molecule has 112 valence electrons. The molecule has 0 aliphatic heterocycles. The Morgan fingerprint density at radius 3 is 2.52 bits per heavy atom. The van der Waals surface area contributed by atoms with Gasteiger partial charge in [0.15, 0.2) is 5.89 Å². The topological polar surface area (TPSA) is 38.1 Å². The second kappa shape index (κ2) is 5.30. The average molecular weight is 284 g/mol. The van der Waals surface area contributed by atoms with Crippen LogP contribution in [0.3, 0.4) is 0 Å². The van der Waals surface area contributed by atoms with E-state index in [-0.39, 0.29) is 11.0 Å². The van der Waals surface area contributed by atoms with Crippen LogP contribution >= 0.6 is 0 Å². The summed E-state index contributed by atoms with van der Waals surface area (Å²) in [5.41, 5.74) is 1.57. The summed E-state index contributed by atoms with van der Waals surface area (Å²) in [6, 6.07) is 10.6. The molecule has 1 N–H and O–H groups in total. The number of nitrogens with one attached hydrogen (secondary N) is 1. The number of hydrogen-bond donors (Lipinski definition) is 1. The van der Waals surface area contributed by atoms with Crippen molar-refractivity contribution in [2.24, 2.45) is 0 Å². The zero-order chi connectivity index (χ0) is 14.9. The maximum absolute atomic E-state index is 6.03. The van der Waals surface area contributed by atoms with Crippen LogP contribution in [0.25, 0.3) is 0 Å². The van der Waals surface area contributed by atoms with Crippen LogP contribution in [0.2, 0.25) is 0 Å². The normalized spacial score (nSPS) is 16.9. The maximum atomic E-state index is 6.03. The Morgan fingerprint density at radius 2 is 1.90 bits per heavy atom. The van der Waals surface area contributed by atoms with Gasteiger partial charge in [0, 0.05) is 18.5 Å². The predicted molar refractivity (Wildman–Crippen MR) is 84.4 cm³/mol. The first kappa shape index (κ1) is 14.3. The molecule has 3 nitrogen and oxygen atoms in total. The smallest absolute Gasteiger partial charge is 0.195 e. The van der Waals surface area contributed by atoms with Crippen molar-refractivity contribution in [3.63, 3.8) is 0 Å². The SMILES string of the molecule is CC(C)(C)NCCc1ncc(C2(c3ccccc3)CC2)o1. The van der Waals surface area contributed by atoms with E-state index >= 15 is 0 Å². The van der Waals surface area contributed by atoms with Crippen molar-refractivity contribution in [1.82, 2.24) is 10.3 Å². The lowest BCUT2D eigenvalue weighted by Crippen LogP contribution is -2.37. The van der Waals surface area contributed by atoms with Crippen LogP contribution in [0.1, 0.15) is 50.8 Å². The Bertz CT molecular complexity index is 591. The molecule has 1 aliphatic carbocycles. The summed E-state index contributed by atoms with van der Waals surface area (Å²) in [5, 5.41) is 3.47. The van der Waals surface area contributed by atoms with E-state index < -0.39 is 0 Å². The van der Waals surface area contributed by atoms with Crippen molar-refractivity contribution < 1.29 is 4.42 Å². The van der Waals surface area contributed by atoms with Gasteiger partial charge in [0.2, 0.25) is 0 Å². The van der Waals surface area contributed by atoms with E-state index in [9.17, 15) is 0 Å². The fraction of sp³-hybridized carbons (Fsp3) is 0.500. The lowest BCUT2D eigenvalue weighted by Gasteiger charge is -2.19. The fourth-order valence-corrected chi connectivity index (χ4v) is 2.75. The van der Waals surface area contributed by atoms with Gasteiger partial charge in [-0.15, -0.1) is 0 Å². The minimum Gasteiger partial charge on any atom is -0.445 e. The monoisotopic (exact) mass is 284 g/mol. The third-order valence-electron chi connectivity index (χ3n) is 4.10.